The number of hydrogen-bond acceptors (Lipinski definition) is 9. The van der Waals surface area contributed by atoms with Crippen molar-refractivity contribution in [3.63, 3.8) is 0 Å². The molecule has 0 spiro atoms. The van der Waals surface area contributed by atoms with E-state index in [2.05, 4.69) is 5.32 Å². The SMILES string of the molecule is CCOC(=O)C1=C(C)NC(CSC(C)=O)=C(C(=O)OCC)C1c1cccc([N+](=O)[O-])c1. The number of nitro groups is 1. The largest absolute Gasteiger partial charge is 0.463 e. The lowest BCUT2D eigenvalue weighted by molar-refractivity contribution is -0.384. The highest BCUT2D eigenvalue weighted by Gasteiger charge is 2.39. The van der Waals surface area contributed by atoms with Crippen molar-refractivity contribution in [3.8, 4) is 0 Å². The molecule has 1 aromatic rings. The van der Waals surface area contributed by atoms with Crippen LogP contribution in [0.15, 0.2) is 46.8 Å². The Kier molecular flexibility index (Phi) is 8.38. The number of non-ortho nitro benzene ring substituents is 1. The summed E-state index contributed by atoms with van der Waals surface area (Å²) in [4.78, 5) is 48.1. The number of nitro benzene ring substituents is 1. The lowest BCUT2D eigenvalue weighted by Crippen LogP contribution is -2.34. The summed E-state index contributed by atoms with van der Waals surface area (Å²) >= 11 is 0.990. The number of thioether (sulfide) groups is 1. The molecule has 0 saturated carbocycles. The van der Waals surface area contributed by atoms with Gasteiger partial charge in [-0.15, -0.1) is 0 Å². The molecule has 0 amide bonds. The molecule has 0 aromatic heterocycles. The molecule has 1 aliphatic heterocycles. The number of benzene rings is 1. The molecule has 1 N–H and O–H groups in total. The van der Waals surface area contributed by atoms with Gasteiger partial charge in [0.25, 0.3) is 5.69 Å². The third-order valence-corrected chi connectivity index (χ3v) is 5.31. The number of rotatable bonds is 8. The fourth-order valence-electron chi connectivity index (χ4n) is 3.26. The van der Waals surface area contributed by atoms with Crippen LogP contribution in [0.5, 0.6) is 0 Å². The highest BCUT2D eigenvalue weighted by Crippen LogP contribution is 2.40. The van der Waals surface area contributed by atoms with Gasteiger partial charge in [-0.2, -0.15) is 0 Å². The zero-order valence-electron chi connectivity index (χ0n) is 17.7. The Morgan fingerprint density at radius 3 is 2.29 bits per heavy atom. The van der Waals surface area contributed by atoms with Gasteiger partial charge in [-0.05, 0) is 26.3 Å². The normalized spacial score (nSPS) is 15.9. The van der Waals surface area contributed by atoms with E-state index < -0.39 is 22.8 Å². The predicted octanol–water partition coefficient (Wildman–Crippen LogP) is 3.22. The van der Waals surface area contributed by atoms with Crippen LogP contribution in [-0.4, -0.2) is 40.9 Å². The maximum Gasteiger partial charge on any atom is 0.336 e. The molecule has 1 unspecified atom stereocenters. The number of ether oxygens (including phenoxy) is 2. The third-order valence-electron chi connectivity index (χ3n) is 4.47. The second-order valence-corrected chi connectivity index (χ2v) is 7.71. The predicted molar refractivity (Wildman–Crippen MR) is 115 cm³/mol. The Hall–Kier alpha value is -3.14. The van der Waals surface area contributed by atoms with Crippen molar-refractivity contribution in [2.45, 2.75) is 33.6 Å². The number of dihydropyridines is 1. The molecule has 0 radical (unpaired) electrons. The van der Waals surface area contributed by atoms with Crippen molar-refractivity contribution < 1.29 is 28.8 Å². The van der Waals surface area contributed by atoms with E-state index in [0.29, 0.717) is 17.0 Å². The monoisotopic (exact) mass is 448 g/mol. The lowest BCUT2D eigenvalue weighted by Gasteiger charge is -2.31. The maximum absolute atomic E-state index is 13.0. The summed E-state index contributed by atoms with van der Waals surface area (Å²) in [6, 6.07) is 5.73. The van der Waals surface area contributed by atoms with Crippen molar-refractivity contribution in [2.75, 3.05) is 19.0 Å². The molecule has 31 heavy (non-hydrogen) atoms. The highest BCUT2D eigenvalue weighted by molar-refractivity contribution is 8.13. The van der Waals surface area contributed by atoms with Crippen molar-refractivity contribution in [2.24, 2.45) is 0 Å². The zero-order chi connectivity index (χ0) is 23.1. The van der Waals surface area contributed by atoms with Gasteiger partial charge in [0.15, 0.2) is 5.12 Å². The van der Waals surface area contributed by atoms with Crippen molar-refractivity contribution in [3.05, 3.63) is 62.5 Å². The second kappa shape index (κ2) is 10.8. The highest BCUT2D eigenvalue weighted by atomic mass is 32.2. The first-order valence-corrected chi connectivity index (χ1v) is 10.6. The average molecular weight is 448 g/mol. The van der Waals surface area contributed by atoms with Gasteiger partial charge >= 0.3 is 11.9 Å². The molecular weight excluding hydrogens is 424 g/mol. The van der Waals surface area contributed by atoms with Gasteiger partial charge in [0.1, 0.15) is 0 Å². The van der Waals surface area contributed by atoms with Gasteiger partial charge in [0, 0.05) is 36.2 Å². The minimum atomic E-state index is -0.957. The Morgan fingerprint density at radius 2 is 1.74 bits per heavy atom. The standard InChI is InChI=1S/C21H24N2O7S/c1-5-29-20(25)17-12(3)22-16(11-31-13(4)24)19(21(26)30-6-2)18(17)14-8-7-9-15(10-14)23(27)28/h7-10,18,22H,5-6,11H2,1-4H3. The van der Waals surface area contributed by atoms with Gasteiger partial charge in [0.2, 0.25) is 0 Å². The molecule has 1 heterocycles. The summed E-state index contributed by atoms with van der Waals surface area (Å²) in [6.45, 7) is 6.56. The van der Waals surface area contributed by atoms with E-state index in [1.807, 2.05) is 0 Å². The Balaban J connectivity index is 2.75. The number of carbonyl (C=O) groups excluding carboxylic acids is 3. The number of carbonyl (C=O) groups is 3. The number of allylic oxidation sites excluding steroid dienone is 1. The second-order valence-electron chi connectivity index (χ2n) is 6.56. The van der Waals surface area contributed by atoms with Gasteiger partial charge in [-0.3, -0.25) is 14.9 Å². The van der Waals surface area contributed by atoms with Crippen molar-refractivity contribution in [1.29, 1.82) is 0 Å². The molecule has 1 aromatic carbocycles. The third kappa shape index (κ3) is 5.72. The first-order chi connectivity index (χ1) is 14.7. The van der Waals surface area contributed by atoms with Crippen LogP contribution in [0, 0.1) is 10.1 Å². The van der Waals surface area contributed by atoms with Gasteiger partial charge < -0.3 is 14.8 Å². The van der Waals surface area contributed by atoms with E-state index in [1.54, 1.807) is 26.8 Å². The quantitative estimate of drug-likeness (QED) is 0.362. The summed E-state index contributed by atoms with van der Waals surface area (Å²) in [6.07, 6.45) is 0. The molecule has 0 fully saturated rings. The fraction of sp³-hybridized carbons (Fsp3) is 0.381. The summed E-state index contributed by atoms with van der Waals surface area (Å²) in [5.74, 6) is -2.15. The van der Waals surface area contributed by atoms with E-state index in [0.717, 1.165) is 11.8 Å². The van der Waals surface area contributed by atoms with E-state index in [-0.39, 0.29) is 40.9 Å². The van der Waals surface area contributed by atoms with Gasteiger partial charge in [-0.1, -0.05) is 23.9 Å². The Labute approximate surface area is 184 Å². The van der Waals surface area contributed by atoms with Crippen LogP contribution in [-0.2, 0) is 23.9 Å². The fourth-order valence-corrected chi connectivity index (χ4v) is 3.84. The summed E-state index contributed by atoms with van der Waals surface area (Å²) in [5.41, 5.74) is 1.29. The molecule has 0 aliphatic carbocycles. The first kappa shape index (κ1) is 24.1. The van der Waals surface area contributed by atoms with Gasteiger partial charge in [0.05, 0.1) is 35.2 Å². The molecule has 1 atom stereocenters. The summed E-state index contributed by atoms with van der Waals surface area (Å²) in [5, 5.41) is 14.2. The molecule has 0 saturated heterocycles. The molecular formula is C21H24N2O7S. The number of nitrogens with zero attached hydrogens (tertiary/aromatic N) is 1. The molecule has 10 heteroatoms. The van der Waals surface area contributed by atoms with Crippen LogP contribution in [0.4, 0.5) is 5.69 Å². The topological polar surface area (TPSA) is 125 Å². The molecule has 9 nitrogen and oxygen atoms in total. The van der Waals surface area contributed by atoms with Crippen LogP contribution >= 0.6 is 11.8 Å². The Morgan fingerprint density at radius 1 is 1.13 bits per heavy atom. The number of nitrogens with one attached hydrogen (secondary N) is 1. The van der Waals surface area contributed by atoms with Crippen LogP contribution in [0.25, 0.3) is 0 Å². The van der Waals surface area contributed by atoms with E-state index in [1.165, 1.54) is 25.1 Å². The smallest absolute Gasteiger partial charge is 0.336 e. The van der Waals surface area contributed by atoms with Gasteiger partial charge in [-0.25, -0.2) is 9.59 Å². The van der Waals surface area contributed by atoms with Crippen molar-refractivity contribution >= 4 is 34.5 Å². The molecule has 2 rings (SSSR count). The summed E-state index contributed by atoms with van der Waals surface area (Å²) in [7, 11) is 0. The molecule has 1 aliphatic rings. The number of esters is 2. The van der Waals surface area contributed by atoms with Crippen LogP contribution in [0.1, 0.15) is 39.2 Å². The van der Waals surface area contributed by atoms with Crippen LogP contribution in [0.2, 0.25) is 0 Å². The van der Waals surface area contributed by atoms with E-state index >= 15 is 0 Å². The molecule has 166 valence electrons. The minimum Gasteiger partial charge on any atom is -0.463 e. The molecule has 0 bridgehead atoms. The Bertz CT molecular complexity index is 968. The van der Waals surface area contributed by atoms with Crippen LogP contribution < -0.4 is 5.32 Å². The van der Waals surface area contributed by atoms with Crippen molar-refractivity contribution in [1.82, 2.24) is 5.32 Å². The lowest BCUT2D eigenvalue weighted by atomic mass is 9.80. The summed E-state index contributed by atoms with van der Waals surface area (Å²) < 4.78 is 10.4. The number of hydrogen-bond donors (Lipinski definition) is 1. The average Bonchev–Trinajstić information content (AvgIpc) is 2.71. The maximum atomic E-state index is 13.0. The van der Waals surface area contributed by atoms with E-state index in [4.69, 9.17) is 9.47 Å². The first-order valence-electron chi connectivity index (χ1n) is 9.63. The zero-order valence-corrected chi connectivity index (χ0v) is 18.5. The van der Waals surface area contributed by atoms with Crippen LogP contribution in [0.3, 0.4) is 0 Å². The van der Waals surface area contributed by atoms with E-state index in [9.17, 15) is 24.5 Å². The minimum absolute atomic E-state index is 0.0918.